The van der Waals surface area contributed by atoms with Crippen LogP contribution in [-0.4, -0.2) is 26.4 Å². The van der Waals surface area contributed by atoms with Crippen LogP contribution >= 0.6 is 13.4 Å². The fraction of sp³-hybridized carbons (Fsp3) is 1.00. The normalized spacial score (nSPS) is 12.2. The summed E-state index contributed by atoms with van der Waals surface area (Å²) < 4.78 is 26.9. The van der Waals surface area contributed by atoms with E-state index in [9.17, 15) is 0 Å². The van der Waals surface area contributed by atoms with E-state index < -0.39 is 13.4 Å². The first-order valence-corrected chi connectivity index (χ1v) is 10.6. The van der Waals surface area contributed by atoms with Gasteiger partial charge in [-0.15, -0.1) is 0 Å². The first-order chi connectivity index (χ1) is 7.95. The lowest BCUT2D eigenvalue weighted by molar-refractivity contribution is 0.176. The van der Waals surface area contributed by atoms with Crippen LogP contribution in [-0.2, 0) is 46.0 Å². The molecule has 0 atom stereocenters. The molecule has 0 aromatic carbocycles. The number of hydrogen-bond donors (Lipinski definition) is 1. The maximum absolute atomic E-state index is 5.55. The van der Waals surface area contributed by atoms with Crippen LogP contribution in [0.2, 0.25) is 0 Å². The van der Waals surface area contributed by atoms with Crippen LogP contribution in [0.25, 0.3) is 0 Å². The van der Waals surface area contributed by atoms with Gasteiger partial charge in [-0.05, 0) is 51.3 Å². The zero-order chi connectivity index (χ0) is 13.4. The molecule has 0 radical (unpaired) electrons. The second-order valence-electron chi connectivity index (χ2n) is 2.65. The molecule has 0 saturated carbocycles. The molecule has 10 heteroatoms. The van der Waals surface area contributed by atoms with Crippen molar-refractivity contribution in [3.8, 4) is 0 Å². The van der Waals surface area contributed by atoms with Gasteiger partial charge in [-0.25, -0.2) is 4.31 Å². The van der Waals surface area contributed by atoms with Gasteiger partial charge in [-0.3, -0.25) is 0 Å². The molecule has 0 aliphatic rings. The molecule has 0 aromatic heterocycles. The average molecular weight is 339 g/mol. The Labute approximate surface area is 120 Å². The van der Waals surface area contributed by atoms with Crippen LogP contribution in [0.4, 0.5) is 0 Å². The van der Waals surface area contributed by atoms with E-state index in [1.54, 1.807) is 0 Å². The first-order valence-electron chi connectivity index (χ1n) is 5.44. The minimum absolute atomic E-state index is 0. The lowest BCUT2D eigenvalue weighted by atomic mass is 10.9. The van der Waals surface area contributed by atoms with E-state index in [4.69, 9.17) is 46.0 Å². The SMILES string of the molecule is CCOP(=S)(OCC)OP(=S)(OCC)OCC.N. The Morgan fingerprint density at radius 1 is 0.667 bits per heavy atom. The van der Waals surface area contributed by atoms with Crippen molar-refractivity contribution in [2.75, 3.05) is 26.4 Å². The molecule has 0 heterocycles. The zero-order valence-electron chi connectivity index (χ0n) is 11.3. The van der Waals surface area contributed by atoms with Gasteiger partial charge in [-0.2, -0.15) is 0 Å². The second kappa shape index (κ2) is 10.8. The summed E-state index contributed by atoms with van der Waals surface area (Å²) in [5, 5.41) is 0. The maximum Gasteiger partial charge on any atom is 0.334 e. The predicted molar refractivity (Wildman–Crippen MR) is 81.2 cm³/mol. The average Bonchev–Trinajstić information content (AvgIpc) is 2.17. The summed E-state index contributed by atoms with van der Waals surface area (Å²) in [5.41, 5.74) is 0. The summed E-state index contributed by atoms with van der Waals surface area (Å²) in [5.74, 6) is 0. The summed E-state index contributed by atoms with van der Waals surface area (Å²) in [6.07, 6.45) is 0. The van der Waals surface area contributed by atoms with Gasteiger partial charge in [-0.1, -0.05) is 0 Å². The van der Waals surface area contributed by atoms with Crippen LogP contribution in [0, 0.1) is 0 Å². The van der Waals surface area contributed by atoms with E-state index >= 15 is 0 Å². The number of hydrogen-bond acceptors (Lipinski definition) is 8. The van der Waals surface area contributed by atoms with Gasteiger partial charge in [0.1, 0.15) is 0 Å². The molecule has 0 aliphatic heterocycles. The molecule has 0 bridgehead atoms. The van der Waals surface area contributed by atoms with Crippen molar-refractivity contribution < 1.29 is 22.4 Å². The summed E-state index contributed by atoms with van der Waals surface area (Å²) in [6.45, 7) is 3.09. The van der Waals surface area contributed by atoms with Crippen molar-refractivity contribution in [1.82, 2.24) is 6.15 Å². The van der Waals surface area contributed by atoms with Crippen molar-refractivity contribution in [1.29, 1.82) is 0 Å². The van der Waals surface area contributed by atoms with E-state index in [0.29, 0.717) is 26.4 Å². The van der Waals surface area contributed by atoms with Crippen molar-refractivity contribution in [3.63, 3.8) is 0 Å². The van der Waals surface area contributed by atoms with E-state index in [0.717, 1.165) is 0 Å². The minimum Gasteiger partial charge on any atom is -0.344 e. The lowest BCUT2D eigenvalue weighted by Gasteiger charge is -2.27. The third-order valence-electron chi connectivity index (χ3n) is 1.35. The van der Waals surface area contributed by atoms with E-state index in [1.165, 1.54) is 0 Å². The topological polar surface area (TPSA) is 81.2 Å². The van der Waals surface area contributed by atoms with Crippen molar-refractivity contribution in [3.05, 3.63) is 0 Å². The monoisotopic (exact) mass is 339 g/mol. The standard InChI is InChI=1S/C8H20O5P2S2.H3N/c1-5-9-14(16,10-6-2)13-15(17,11-7-3)12-8-4;/h5-8H2,1-4H3;1H3. The van der Waals surface area contributed by atoms with Gasteiger partial charge in [0, 0.05) is 0 Å². The van der Waals surface area contributed by atoms with Gasteiger partial charge < -0.3 is 24.2 Å². The molecular formula is C8H23NO5P2S2. The highest BCUT2D eigenvalue weighted by molar-refractivity contribution is 8.14. The van der Waals surface area contributed by atoms with Gasteiger partial charge in [0.05, 0.1) is 26.4 Å². The Morgan fingerprint density at radius 3 is 1.06 bits per heavy atom. The summed E-state index contributed by atoms with van der Waals surface area (Å²) >= 11 is 10.4. The summed E-state index contributed by atoms with van der Waals surface area (Å²) in [4.78, 5) is 0. The fourth-order valence-corrected chi connectivity index (χ4v) is 7.30. The Balaban J connectivity index is 0. The predicted octanol–water partition coefficient (Wildman–Crippen LogP) is 3.76. The lowest BCUT2D eigenvalue weighted by Crippen LogP contribution is -2.03. The summed E-state index contributed by atoms with van der Waals surface area (Å²) in [6, 6.07) is 0. The Kier molecular flexibility index (Phi) is 12.8. The number of rotatable bonds is 10. The third kappa shape index (κ3) is 8.27. The molecule has 0 spiro atoms. The molecular weight excluding hydrogens is 316 g/mol. The highest BCUT2D eigenvalue weighted by Crippen LogP contribution is 2.66. The smallest absolute Gasteiger partial charge is 0.334 e. The Hall–Kier alpha value is 1.06. The van der Waals surface area contributed by atoms with Crippen LogP contribution < -0.4 is 6.15 Å². The van der Waals surface area contributed by atoms with Crippen molar-refractivity contribution >= 4 is 37.1 Å². The molecule has 0 rings (SSSR count). The Morgan fingerprint density at radius 2 is 0.889 bits per heavy atom. The molecule has 0 fully saturated rings. The van der Waals surface area contributed by atoms with Crippen molar-refractivity contribution in [2.24, 2.45) is 0 Å². The molecule has 18 heavy (non-hydrogen) atoms. The van der Waals surface area contributed by atoms with Crippen LogP contribution in [0.5, 0.6) is 0 Å². The molecule has 0 saturated heterocycles. The maximum atomic E-state index is 5.55. The highest BCUT2D eigenvalue weighted by Gasteiger charge is 2.31. The third-order valence-corrected chi connectivity index (χ3v) is 7.71. The molecule has 0 unspecified atom stereocenters. The zero-order valence-corrected chi connectivity index (χ0v) is 14.7. The van der Waals surface area contributed by atoms with Crippen LogP contribution in [0.1, 0.15) is 27.7 Å². The van der Waals surface area contributed by atoms with Gasteiger partial charge >= 0.3 is 13.4 Å². The van der Waals surface area contributed by atoms with Crippen molar-refractivity contribution in [2.45, 2.75) is 27.7 Å². The van der Waals surface area contributed by atoms with E-state index in [2.05, 4.69) is 0 Å². The van der Waals surface area contributed by atoms with Gasteiger partial charge in [0.25, 0.3) is 0 Å². The van der Waals surface area contributed by atoms with E-state index in [1.807, 2.05) is 27.7 Å². The minimum atomic E-state index is -2.87. The molecule has 0 aliphatic carbocycles. The molecule has 0 amide bonds. The van der Waals surface area contributed by atoms with Gasteiger partial charge in [0.15, 0.2) is 0 Å². The van der Waals surface area contributed by atoms with Crippen LogP contribution in [0.3, 0.4) is 0 Å². The Bertz CT molecular complexity index is 257. The van der Waals surface area contributed by atoms with Gasteiger partial charge in [0.2, 0.25) is 0 Å². The van der Waals surface area contributed by atoms with E-state index in [-0.39, 0.29) is 6.15 Å². The molecule has 112 valence electrons. The summed E-state index contributed by atoms with van der Waals surface area (Å²) in [7, 11) is 0. The first kappa shape index (κ1) is 21.4. The fourth-order valence-electron chi connectivity index (χ4n) is 0.924. The largest absolute Gasteiger partial charge is 0.344 e. The highest BCUT2D eigenvalue weighted by atomic mass is 32.5. The second-order valence-corrected chi connectivity index (χ2v) is 8.81. The molecule has 3 N–H and O–H groups in total. The molecule has 0 aromatic rings. The van der Waals surface area contributed by atoms with Crippen LogP contribution in [0.15, 0.2) is 0 Å². The molecule has 6 nitrogen and oxygen atoms in total. The quantitative estimate of drug-likeness (QED) is 0.603.